The number of likely N-dealkylation sites (tertiary alicyclic amines) is 1. The molecule has 20 heteroatoms. The van der Waals surface area contributed by atoms with Gasteiger partial charge in [0.05, 0.1) is 47.5 Å². The Labute approximate surface area is 383 Å². The van der Waals surface area contributed by atoms with Crippen molar-refractivity contribution in [3.8, 4) is 5.75 Å². The zero-order valence-electron chi connectivity index (χ0n) is 36.7. The Morgan fingerprint density at radius 1 is 0.955 bits per heavy atom. The number of ether oxygens (including phenoxy) is 2. The van der Waals surface area contributed by atoms with Crippen molar-refractivity contribution in [3.63, 3.8) is 0 Å². The standard InChI is InChI=1S/C46H50ClF2N9O8/c1-24(2)57-35-7-5-27(16-26(35)18-37(44(57)64)65-22-39(60)50-3)52-40-34(47)21-51-45(54-40)55-13-10-29(11-14-55)66-30-19-28(20-30)56-15-12-33(46(48,49)23-56)25-4-6-31-32(17-25)43(63)58(42(31)62)36-8-9-38(59)53-41(36)61/h4-7,16-18,21,24,28-30,33,36H,8-15,19-20,22-23H2,1-3H3,(H,50,60)(H,51,52,54)(H,53,59,61). The number of likely N-dealkylation sites (N-methyl/N-ethyl adjacent to an activating group) is 1. The van der Waals surface area contributed by atoms with Gasteiger partial charge in [-0.2, -0.15) is 4.98 Å². The first kappa shape index (κ1) is 45.1. The third kappa shape index (κ3) is 8.70. The van der Waals surface area contributed by atoms with Crippen LogP contribution in [0, 0.1) is 0 Å². The third-order valence-electron chi connectivity index (χ3n) is 13.3. The van der Waals surface area contributed by atoms with Gasteiger partial charge in [0.15, 0.2) is 18.2 Å². The van der Waals surface area contributed by atoms with Crippen molar-refractivity contribution < 1.29 is 42.2 Å². The zero-order valence-corrected chi connectivity index (χ0v) is 37.4. The molecule has 1 saturated carbocycles. The van der Waals surface area contributed by atoms with Crippen LogP contribution in [-0.4, -0.2) is 124 Å². The summed E-state index contributed by atoms with van der Waals surface area (Å²) in [5.74, 6) is -6.24. The predicted octanol–water partition coefficient (Wildman–Crippen LogP) is 4.94. The second kappa shape index (κ2) is 18.0. The smallest absolute Gasteiger partial charge is 0.293 e. The number of rotatable bonds is 12. The van der Waals surface area contributed by atoms with Crippen molar-refractivity contribution >= 4 is 69.5 Å². The maximum atomic E-state index is 15.9. The van der Waals surface area contributed by atoms with Gasteiger partial charge in [-0.1, -0.05) is 17.7 Å². The molecule has 3 saturated heterocycles. The number of piperidine rings is 3. The minimum absolute atomic E-state index is 0.00403. The maximum Gasteiger partial charge on any atom is 0.293 e. The van der Waals surface area contributed by atoms with Crippen LogP contribution in [0.3, 0.4) is 0 Å². The molecule has 348 valence electrons. The van der Waals surface area contributed by atoms with Crippen LogP contribution in [0.25, 0.3) is 10.9 Å². The van der Waals surface area contributed by atoms with E-state index >= 15 is 8.78 Å². The first-order valence-electron chi connectivity index (χ1n) is 22.3. The highest BCUT2D eigenvalue weighted by Crippen LogP contribution is 2.44. The first-order valence-corrected chi connectivity index (χ1v) is 22.7. The highest BCUT2D eigenvalue weighted by atomic mass is 35.5. The number of imide groups is 2. The van der Waals surface area contributed by atoms with E-state index in [0.717, 1.165) is 17.7 Å². The minimum atomic E-state index is -3.09. The van der Waals surface area contributed by atoms with E-state index in [0.29, 0.717) is 65.9 Å². The van der Waals surface area contributed by atoms with E-state index < -0.39 is 48.1 Å². The summed E-state index contributed by atoms with van der Waals surface area (Å²) in [6.07, 6.45) is 4.42. The number of anilines is 3. The van der Waals surface area contributed by atoms with Crippen LogP contribution in [0.15, 0.2) is 53.5 Å². The average molecular weight is 930 g/mol. The number of fused-ring (bicyclic) bond motifs is 2. The Kier molecular flexibility index (Phi) is 12.3. The van der Waals surface area contributed by atoms with E-state index in [9.17, 15) is 28.8 Å². The number of nitrogens with zero attached hydrogens (tertiary/aromatic N) is 6. The lowest BCUT2D eigenvalue weighted by atomic mass is 9.81. The number of alkyl halides is 2. The van der Waals surface area contributed by atoms with E-state index in [1.54, 1.807) is 16.8 Å². The SMILES string of the molecule is CNC(=O)COc1cc2cc(Nc3nc(N4CCC(OC5CC(N6CCC(c7ccc8c(c7)C(=O)N(C7CCC(=O)NC7=O)C8=O)C(F)(F)C6)C5)CC4)ncc3Cl)ccc2n(C(C)C)c1=O. The number of hydrogen-bond donors (Lipinski definition) is 3. The summed E-state index contributed by atoms with van der Waals surface area (Å²) in [7, 11) is 1.49. The third-order valence-corrected chi connectivity index (χ3v) is 13.6. The number of nitrogens with one attached hydrogen (secondary N) is 3. The number of carbonyl (C=O) groups excluding carboxylic acids is 5. The molecule has 0 bridgehead atoms. The van der Waals surface area contributed by atoms with Gasteiger partial charge in [-0.15, -0.1) is 0 Å². The Bertz CT molecular complexity index is 2690. The Hall–Kier alpha value is -6.05. The monoisotopic (exact) mass is 929 g/mol. The zero-order chi connectivity index (χ0) is 46.6. The number of benzene rings is 2. The van der Waals surface area contributed by atoms with Crippen molar-refractivity contribution in [2.45, 2.75) is 101 Å². The van der Waals surface area contributed by atoms with E-state index in [4.69, 9.17) is 26.1 Å². The molecule has 4 fully saturated rings. The normalized spacial score (nSPS) is 23.5. The molecule has 2 aromatic carbocycles. The molecule has 17 nitrogen and oxygen atoms in total. The molecule has 5 aliphatic rings. The summed E-state index contributed by atoms with van der Waals surface area (Å²) >= 11 is 6.57. The van der Waals surface area contributed by atoms with Crippen LogP contribution in [0.4, 0.5) is 26.2 Å². The molecule has 2 unspecified atom stereocenters. The van der Waals surface area contributed by atoms with Crippen molar-refractivity contribution in [2.24, 2.45) is 0 Å². The number of aromatic nitrogens is 3. The topological polar surface area (TPSA) is 197 Å². The van der Waals surface area contributed by atoms with Gasteiger partial charge in [-0.3, -0.25) is 43.9 Å². The fourth-order valence-electron chi connectivity index (χ4n) is 9.77. The lowest BCUT2D eigenvalue weighted by Gasteiger charge is -2.48. The average Bonchev–Trinajstić information content (AvgIpc) is 3.51. The largest absolute Gasteiger partial charge is 0.478 e. The van der Waals surface area contributed by atoms with Crippen LogP contribution in [0.2, 0.25) is 5.02 Å². The summed E-state index contributed by atoms with van der Waals surface area (Å²) in [5, 5.41) is 8.96. The summed E-state index contributed by atoms with van der Waals surface area (Å²) < 4.78 is 45.5. The van der Waals surface area contributed by atoms with Crippen LogP contribution < -0.4 is 31.1 Å². The molecule has 3 N–H and O–H groups in total. The van der Waals surface area contributed by atoms with Crippen molar-refractivity contribution in [1.82, 2.24) is 35.0 Å². The molecule has 4 aromatic rings. The van der Waals surface area contributed by atoms with Crippen LogP contribution in [0.1, 0.15) is 97.0 Å². The number of carbonyl (C=O) groups is 5. The molecular weight excluding hydrogens is 880 g/mol. The fourth-order valence-corrected chi connectivity index (χ4v) is 9.91. The highest BCUT2D eigenvalue weighted by molar-refractivity contribution is 6.33. The van der Waals surface area contributed by atoms with Gasteiger partial charge in [0.25, 0.3) is 29.2 Å². The Balaban J connectivity index is 0.765. The van der Waals surface area contributed by atoms with Gasteiger partial charge in [-0.25, -0.2) is 13.8 Å². The van der Waals surface area contributed by atoms with Gasteiger partial charge in [0.1, 0.15) is 11.1 Å². The molecule has 1 aliphatic carbocycles. The molecule has 5 amide bonds. The van der Waals surface area contributed by atoms with Crippen LogP contribution >= 0.6 is 11.6 Å². The van der Waals surface area contributed by atoms with E-state index in [1.807, 2.05) is 36.9 Å². The second-order valence-electron chi connectivity index (χ2n) is 17.9. The molecule has 4 aliphatic heterocycles. The molecular formula is C46H50ClF2N9O8. The summed E-state index contributed by atoms with van der Waals surface area (Å²) in [5.41, 5.74) is 1.35. The molecule has 9 rings (SSSR count). The van der Waals surface area contributed by atoms with Gasteiger partial charge >= 0.3 is 0 Å². The quantitative estimate of drug-likeness (QED) is 0.162. The number of halogens is 3. The lowest BCUT2D eigenvalue weighted by Crippen LogP contribution is -2.56. The van der Waals surface area contributed by atoms with Crippen molar-refractivity contribution in [2.75, 3.05) is 50.1 Å². The number of pyridine rings is 1. The van der Waals surface area contributed by atoms with E-state index in [2.05, 4.69) is 25.8 Å². The van der Waals surface area contributed by atoms with Gasteiger partial charge < -0.3 is 29.6 Å². The van der Waals surface area contributed by atoms with Gasteiger partial charge in [0, 0.05) is 49.7 Å². The Morgan fingerprint density at radius 2 is 1.71 bits per heavy atom. The van der Waals surface area contributed by atoms with E-state index in [1.165, 1.54) is 25.2 Å². The molecule has 2 aromatic heterocycles. The van der Waals surface area contributed by atoms with Gasteiger partial charge in [-0.05, 0) is 101 Å². The number of amides is 5. The van der Waals surface area contributed by atoms with Gasteiger partial charge in [0.2, 0.25) is 17.8 Å². The first-order chi connectivity index (χ1) is 31.6. The molecule has 0 spiro atoms. The summed E-state index contributed by atoms with van der Waals surface area (Å²) in [6, 6.07) is 10.0. The molecule has 6 heterocycles. The summed E-state index contributed by atoms with van der Waals surface area (Å²) in [4.78, 5) is 89.7. The molecule has 2 atom stereocenters. The number of hydrogen-bond acceptors (Lipinski definition) is 13. The van der Waals surface area contributed by atoms with Crippen LogP contribution in [-0.2, 0) is 19.1 Å². The second-order valence-corrected chi connectivity index (χ2v) is 18.3. The fraction of sp³-hybridized carbons (Fsp3) is 0.478. The lowest BCUT2D eigenvalue weighted by molar-refractivity contribution is -0.136. The highest BCUT2D eigenvalue weighted by Gasteiger charge is 2.50. The van der Waals surface area contributed by atoms with Crippen molar-refractivity contribution in [3.05, 3.63) is 80.7 Å². The minimum Gasteiger partial charge on any atom is -0.478 e. The Morgan fingerprint density at radius 3 is 2.42 bits per heavy atom. The maximum absolute atomic E-state index is 15.9. The van der Waals surface area contributed by atoms with Crippen LogP contribution in [0.5, 0.6) is 5.75 Å². The molecule has 0 radical (unpaired) electrons. The molecule has 66 heavy (non-hydrogen) atoms. The summed E-state index contributed by atoms with van der Waals surface area (Å²) in [6.45, 7) is 4.79. The van der Waals surface area contributed by atoms with E-state index in [-0.39, 0.29) is 84.1 Å². The van der Waals surface area contributed by atoms with Crippen molar-refractivity contribution in [1.29, 1.82) is 0 Å². The predicted molar refractivity (Wildman–Crippen MR) is 239 cm³/mol.